The lowest BCUT2D eigenvalue weighted by molar-refractivity contribution is 0.0174. The van der Waals surface area contributed by atoms with Crippen LogP contribution in [0, 0.1) is 0 Å². The first-order chi connectivity index (χ1) is 6.22. The summed E-state index contributed by atoms with van der Waals surface area (Å²) in [6, 6.07) is 0.715. The Bertz CT molecular complexity index is 133. The fourth-order valence-electron chi connectivity index (χ4n) is 1.63. The molecule has 0 aromatic heterocycles. The predicted molar refractivity (Wildman–Crippen MR) is 55.0 cm³/mol. The summed E-state index contributed by atoms with van der Waals surface area (Å²) in [7, 11) is 6.03. The molecule has 0 radical (unpaired) electrons. The molecule has 1 aliphatic rings. The van der Waals surface area contributed by atoms with Gasteiger partial charge in [-0.25, -0.2) is 0 Å². The van der Waals surface area contributed by atoms with Crippen LogP contribution in [0.5, 0.6) is 0 Å². The molecule has 0 amide bonds. The average Bonchev–Trinajstić information content (AvgIpc) is 2.00. The molecule has 13 heavy (non-hydrogen) atoms. The Kier molecular flexibility index (Phi) is 4.70. The van der Waals surface area contributed by atoms with Crippen LogP contribution in [0.15, 0.2) is 0 Å². The van der Waals surface area contributed by atoms with E-state index < -0.39 is 0 Å². The molecule has 0 atom stereocenters. The molecule has 0 unspecified atom stereocenters. The van der Waals surface area contributed by atoms with Crippen LogP contribution in [0.4, 0.5) is 0 Å². The van der Waals surface area contributed by atoms with Gasteiger partial charge in [0.15, 0.2) is 0 Å². The van der Waals surface area contributed by atoms with Gasteiger partial charge >= 0.3 is 0 Å². The van der Waals surface area contributed by atoms with E-state index in [1.807, 2.05) is 0 Å². The molecule has 0 heterocycles. The predicted octanol–water partition coefficient (Wildman–Crippen LogP) is 0.705. The molecule has 78 valence electrons. The highest BCUT2D eigenvalue weighted by Gasteiger charge is 2.27. The van der Waals surface area contributed by atoms with Gasteiger partial charge in [0, 0.05) is 13.2 Å². The second kappa shape index (κ2) is 5.58. The fourth-order valence-corrected chi connectivity index (χ4v) is 1.63. The molecule has 0 bridgehead atoms. The summed E-state index contributed by atoms with van der Waals surface area (Å²) in [6.07, 6.45) is 4.14. The highest BCUT2D eigenvalue weighted by molar-refractivity contribution is 4.85. The van der Waals surface area contributed by atoms with E-state index in [4.69, 9.17) is 4.74 Å². The van der Waals surface area contributed by atoms with Crippen LogP contribution in [-0.2, 0) is 4.74 Å². The van der Waals surface area contributed by atoms with Gasteiger partial charge in [0.25, 0.3) is 0 Å². The van der Waals surface area contributed by atoms with Crippen LogP contribution in [0.25, 0.3) is 0 Å². The molecule has 0 aromatic rings. The average molecular weight is 186 g/mol. The van der Waals surface area contributed by atoms with Gasteiger partial charge < -0.3 is 15.0 Å². The highest BCUT2D eigenvalue weighted by Crippen LogP contribution is 2.22. The van der Waals surface area contributed by atoms with Crippen LogP contribution in [0.2, 0.25) is 0 Å². The number of ether oxygens (including phenoxy) is 1. The van der Waals surface area contributed by atoms with Crippen molar-refractivity contribution in [3.05, 3.63) is 0 Å². The number of hydrogen-bond acceptors (Lipinski definition) is 3. The van der Waals surface area contributed by atoms with Gasteiger partial charge in [-0.15, -0.1) is 0 Å². The zero-order valence-corrected chi connectivity index (χ0v) is 9.05. The van der Waals surface area contributed by atoms with E-state index in [-0.39, 0.29) is 0 Å². The van der Waals surface area contributed by atoms with E-state index in [0.29, 0.717) is 12.1 Å². The summed E-state index contributed by atoms with van der Waals surface area (Å²) in [5, 5.41) is 3.53. The second-order valence-electron chi connectivity index (χ2n) is 4.14. The van der Waals surface area contributed by atoms with E-state index in [0.717, 1.165) is 6.54 Å². The molecule has 1 fully saturated rings. The van der Waals surface area contributed by atoms with Crippen molar-refractivity contribution in [1.29, 1.82) is 0 Å². The number of hydrogen-bond donors (Lipinski definition) is 1. The quantitative estimate of drug-likeness (QED) is 0.618. The van der Waals surface area contributed by atoms with Crippen molar-refractivity contribution in [3.8, 4) is 0 Å². The smallest absolute Gasteiger partial charge is 0.0601 e. The van der Waals surface area contributed by atoms with Crippen LogP contribution in [0.3, 0.4) is 0 Å². The third-order valence-corrected chi connectivity index (χ3v) is 2.64. The number of methoxy groups -OCH3 is 1. The van der Waals surface area contributed by atoms with Crippen molar-refractivity contribution in [1.82, 2.24) is 10.2 Å². The Morgan fingerprint density at radius 1 is 1.38 bits per heavy atom. The van der Waals surface area contributed by atoms with Gasteiger partial charge in [-0.05, 0) is 46.4 Å². The van der Waals surface area contributed by atoms with E-state index in [9.17, 15) is 0 Å². The van der Waals surface area contributed by atoms with Gasteiger partial charge in [-0.2, -0.15) is 0 Å². The summed E-state index contributed by atoms with van der Waals surface area (Å²) in [5.74, 6) is 0. The Hall–Kier alpha value is -0.120. The van der Waals surface area contributed by atoms with Crippen LogP contribution < -0.4 is 5.32 Å². The summed E-state index contributed by atoms with van der Waals surface area (Å²) >= 11 is 0. The van der Waals surface area contributed by atoms with E-state index in [2.05, 4.69) is 24.3 Å². The summed E-state index contributed by atoms with van der Waals surface area (Å²) < 4.78 is 5.21. The van der Waals surface area contributed by atoms with E-state index >= 15 is 0 Å². The van der Waals surface area contributed by atoms with E-state index in [1.54, 1.807) is 7.11 Å². The van der Waals surface area contributed by atoms with Crippen LogP contribution >= 0.6 is 0 Å². The largest absolute Gasteiger partial charge is 0.381 e. The van der Waals surface area contributed by atoms with Crippen LogP contribution in [-0.4, -0.2) is 51.3 Å². The molecule has 1 rings (SSSR count). The lowest BCUT2D eigenvalue weighted by atomic mass is 9.89. The van der Waals surface area contributed by atoms with Gasteiger partial charge in [-0.3, -0.25) is 0 Å². The van der Waals surface area contributed by atoms with Crippen LogP contribution in [0.1, 0.15) is 19.3 Å². The Balaban J connectivity index is 1.85. The van der Waals surface area contributed by atoms with Crippen molar-refractivity contribution in [3.63, 3.8) is 0 Å². The summed E-state index contributed by atoms with van der Waals surface area (Å²) in [5.41, 5.74) is 0. The van der Waals surface area contributed by atoms with Crippen molar-refractivity contribution in [2.75, 3.05) is 34.3 Å². The van der Waals surface area contributed by atoms with Gasteiger partial charge in [-0.1, -0.05) is 0 Å². The number of rotatable bonds is 6. The van der Waals surface area contributed by atoms with E-state index in [1.165, 1.54) is 25.8 Å². The maximum atomic E-state index is 5.21. The monoisotopic (exact) mass is 186 g/mol. The topological polar surface area (TPSA) is 24.5 Å². The summed E-state index contributed by atoms with van der Waals surface area (Å²) in [6.45, 7) is 2.31. The second-order valence-corrected chi connectivity index (χ2v) is 4.14. The van der Waals surface area contributed by atoms with Gasteiger partial charge in [0.1, 0.15) is 0 Å². The zero-order chi connectivity index (χ0) is 9.68. The SMILES string of the molecule is COC1CC(NCCCN(C)C)C1. The lowest BCUT2D eigenvalue weighted by Gasteiger charge is -2.34. The van der Waals surface area contributed by atoms with Gasteiger partial charge in [0.2, 0.25) is 0 Å². The Morgan fingerprint density at radius 2 is 2.08 bits per heavy atom. The molecule has 0 aliphatic heterocycles. The van der Waals surface area contributed by atoms with Crippen molar-refractivity contribution < 1.29 is 4.74 Å². The molecular weight excluding hydrogens is 164 g/mol. The maximum Gasteiger partial charge on any atom is 0.0601 e. The first-order valence-corrected chi connectivity index (χ1v) is 5.13. The standard InChI is InChI=1S/C10H22N2O/c1-12(2)6-4-5-11-9-7-10(8-9)13-3/h9-11H,4-8H2,1-3H3. The molecule has 0 saturated heterocycles. The lowest BCUT2D eigenvalue weighted by Crippen LogP contribution is -2.45. The Labute approximate surface area is 81.4 Å². The molecule has 0 spiro atoms. The molecular formula is C10H22N2O. The normalized spacial score (nSPS) is 27.7. The summed E-state index contributed by atoms with van der Waals surface area (Å²) in [4.78, 5) is 2.22. The third kappa shape index (κ3) is 4.07. The zero-order valence-electron chi connectivity index (χ0n) is 9.05. The van der Waals surface area contributed by atoms with Crippen molar-refractivity contribution >= 4 is 0 Å². The molecule has 0 aromatic carbocycles. The molecule has 1 aliphatic carbocycles. The molecule has 3 nitrogen and oxygen atoms in total. The highest BCUT2D eigenvalue weighted by atomic mass is 16.5. The fraction of sp³-hybridized carbons (Fsp3) is 1.00. The molecule has 1 saturated carbocycles. The van der Waals surface area contributed by atoms with Crippen molar-refractivity contribution in [2.45, 2.75) is 31.4 Å². The minimum atomic E-state index is 0.520. The van der Waals surface area contributed by atoms with Crippen molar-refractivity contribution in [2.24, 2.45) is 0 Å². The third-order valence-electron chi connectivity index (χ3n) is 2.64. The molecule has 3 heteroatoms. The molecule has 1 N–H and O–H groups in total. The first-order valence-electron chi connectivity index (χ1n) is 5.13. The number of nitrogens with zero attached hydrogens (tertiary/aromatic N) is 1. The number of nitrogens with one attached hydrogen (secondary N) is 1. The van der Waals surface area contributed by atoms with Gasteiger partial charge in [0.05, 0.1) is 6.10 Å². The minimum absolute atomic E-state index is 0.520. The maximum absolute atomic E-state index is 5.21. The minimum Gasteiger partial charge on any atom is -0.381 e. The Morgan fingerprint density at radius 3 is 2.62 bits per heavy atom. The first kappa shape index (κ1) is 11.0.